The normalized spacial score (nSPS) is 12.2. The van der Waals surface area contributed by atoms with Gasteiger partial charge in [0.2, 0.25) is 21.8 Å². The molecule has 0 saturated heterocycles. The number of carbonyl (C=O) groups is 2. The third kappa shape index (κ3) is 8.03. The first-order chi connectivity index (χ1) is 18.0. The van der Waals surface area contributed by atoms with E-state index < -0.39 is 40.2 Å². The molecule has 10 heteroatoms. The Morgan fingerprint density at radius 3 is 2.13 bits per heavy atom. The Kier molecular flexibility index (Phi) is 9.88. The Labute approximate surface area is 228 Å². The molecule has 2 amide bonds. The summed E-state index contributed by atoms with van der Waals surface area (Å²) in [6, 6.07) is 19.9. The van der Waals surface area contributed by atoms with Crippen molar-refractivity contribution in [1.82, 2.24) is 10.2 Å². The van der Waals surface area contributed by atoms with Gasteiger partial charge in [0.25, 0.3) is 0 Å². The largest absolute Gasteiger partial charge is 0.352 e. The van der Waals surface area contributed by atoms with Crippen LogP contribution in [0.15, 0.2) is 78.9 Å². The summed E-state index contributed by atoms with van der Waals surface area (Å²) in [6.07, 6.45) is 1.14. The van der Waals surface area contributed by atoms with Crippen molar-refractivity contribution in [2.24, 2.45) is 0 Å². The number of amides is 2. The van der Waals surface area contributed by atoms with Gasteiger partial charge in [-0.1, -0.05) is 60.1 Å². The molecule has 0 heterocycles. The zero-order chi connectivity index (χ0) is 27.9. The maximum atomic E-state index is 14.7. The number of carbonyl (C=O) groups excluding carboxylic acids is 2. The van der Waals surface area contributed by atoms with Crippen molar-refractivity contribution in [1.29, 1.82) is 0 Å². The molecule has 202 valence electrons. The third-order valence-corrected chi connectivity index (χ3v) is 7.19. The fourth-order valence-corrected chi connectivity index (χ4v) is 4.94. The molecular weight excluding hydrogens is 529 g/mol. The second kappa shape index (κ2) is 12.9. The van der Waals surface area contributed by atoms with Gasteiger partial charge >= 0.3 is 0 Å². The number of sulfonamides is 1. The van der Waals surface area contributed by atoms with Crippen LogP contribution in [0.4, 0.5) is 10.1 Å². The molecule has 0 unspecified atom stereocenters. The monoisotopic (exact) mass is 559 g/mol. The minimum absolute atomic E-state index is 0.152. The van der Waals surface area contributed by atoms with E-state index in [4.69, 9.17) is 11.6 Å². The molecule has 0 aliphatic heterocycles. The highest BCUT2D eigenvalue weighted by Gasteiger charge is 2.33. The number of nitrogens with zero attached hydrogens (tertiary/aromatic N) is 2. The van der Waals surface area contributed by atoms with E-state index in [1.54, 1.807) is 19.9 Å². The van der Waals surface area contributed by atoms with E-state index in [0.717, 1.165) is 16.1 Å². The lowest BCUT2D eigenvalue weighted by molar-refractivity contribution is -0.140. The molecule has 1 atom stereocenters. The van der Waals surface area contributed by atoms with E-state index in [1.165, 1.54) is 47.4 Å². The van der Waals surface area contributed by atoms with Crippen LogP contribution in [0.2, 0.25) is 5.02 Å². The second-order valence-electron chi connectivity index (χ2n) is 9.23. The van der Waals surface area contributed by atoms with Gasteiger partial charge in [-0.2, -0.15) is 0 Å². The lowest BCUT2D eigenvalue weighted by atomic mass is 10.0. The second-order valence-corrected chi connectivity index (χ2v) is 11.6. The van der Waals surface area contributed by atoms with Gasteiger partial charge in [0.1, 0.15) is 18.4 Å². The molecule has 3 rings (SSSR count). The number of benzene rings is 3. The molecule has 0 radical (unpaired) electrons. The molecule has 0 aliphatic rings. The van der Waals surface area contributed by atoms with Crippen LogP contribution < -0.4 is 9.62 Å². The van der Waals surface area contributed by atoms with Crippen LogP contribution in [0.5, 0.6) is 0 Å². The highest BCUT2D eigenvalue weighted by atomic mass is 35.5. The molecule has 0 saturated carbocycles. The Morgan fingerprint density at radius 2 is 1.55 bits per heavy atom. The molecule has 3 aromatic carbocycles. The number of hydrogen-bond donors (Lipinski definition) is 1. The maximum Gasteiger partial charge on any atom is 0.244 e. The van der Waals surface area contributed by atoms with Crippen LogP contribution in [-0.2, 0) is 32.6 Å². The summed E-state index contributed by atoms with van der Waals surface area (Å²) in [7, 11) is -3.90. The van der Waals surface area contributed by atoms with Crippen molar-refractivity contribution in [2.75, 3.05) is 17.1 Å². The Morgan fingerprint density at radius 1 is 0.947 bits per heavy atom. The summed E-state index contributed by atoms with van der Waals surface area (Å²) >= 11 is 5.96. The minimum Gasteiger partial charge on any atom is -0.352 e. The molecule has 38 heavy (non-hydrogen) atoms. The molecule has 0 fully saturated rings. The molecular formula is C28H31ClFN3O4S. The maximum absolute atomic E-state index is 14.7. The molecule has 0 aromatic heterocycles. The van der Waals surface area contributed by atoms with Crippen molar-refractivity contribution in [3.63, 3.8) is 0 Å². The summed E-state index contributed by atoms with van der Waals surface area (Å²) in [6.45, 7) is 2.78. The van der Waals surface area contributed by atoms with Gasteiger partial charge in [0, 0.05) is 29.6 Å². The number of halogens is 2. The number of rotatable bonds is 11. The number of nitrogens with one attached hydrogen (secondary N) is 1. The smallest absolute Gasteiger partial charge is 0.244 e. The lowest BCUT2D eigenvalue weighted by Crippen LogP contribution is -2.54. The summed E-state index contributed by atoms with van der Waals surface area (Å²) in [5, 5.41) is 3.25. The van der Waals surface area contributed by atoms with Gasteiger partial charge in [-0.25, -0.2) is 12.8 Å². The summed E-state index contributed by atoms with van der Waals surface area (Å²) in [5.74, 6) is -1.62. The van der Waals surface area contributed by atoms with E-state index in [9.17, 15) is 22.4 Å². The van der Waals surface area contributed by atoms with Crippen LogP contribution in [-0.4, -0.2) is 50.0 Å². The fraction of sp³-hybridized carbons (Fsp3) is 0.286. The molecule has 0 bridgehead atoms. The first-order valence-corrected chi connectivity index (χ1v) is 14.3. The zero-order valence-corrected chi connectivity index (χ0v) is 23.0. The van der Waals surface area contributed by atoms with E-state index >= 15 is 0 Å². The first-order valence-electron chi connectivity index (χ1n) is 12.1. The van der Waals surface area contributed by atoms with E-state index in [2.05, 4.69) is 5.32 Å². The van der Waals surface area contributed by atoms with Crippen LogP contribution in [0.1, 0.15) is 25.0 Å². The predicted octanol–water partition coefficient (Wildman–Crippen LogP) is 4.41. The highest BCUT2D eigenvalue weighted by molar-refractivity contribution is 7.92. The van der Waals surface area contributed by atoms with Crippen molar-refractivity contribution in [3.8, 4) is 0 Å². The minimum atomic E-state index is -3.90. The predicted molar refractivity (Wildman–Crippen MR) is 148 cm³/mol. The SMILES string of the molecule is CC(C)NC(=O)[C@H](Cc1ccccc1)N(Cc1ccccc1F)C(=O)CN(c1ccc(Cl)cc1)S(C)(=O)=O. The first kappa shape index (κ1) is 29.1. The third-order valence-electron chi connectivity index (χ3n) is 5.79. The average Bonchev–Trinajstić information content (AvgIpc) is 2.85. The Hall–Kier alpha value is -3.43. The lowest BCUT2D eigenvalue weighted by Gasteiger charge is -2.34. The van der Waals surface area contributed by atoms with E-state index in [1.807, 2.05) is 30.3 Å². The summed E-state index contributed by atoms with van der Waals surface area (Å²) in [4.78, 5) is 28.5. The average molecular weight is 560 g/mol. The number of hydrogen-bond acceptors (Lipinski definition) is 4. The van der Waals surface area contributed by atoms with Crippen molar-refractivity contribution < 1.29 is 22.4 Å². The molecule has 3 aromatic rings. The van der Waals surface area contributed by atoms with Crippen molar-refractivity contribution in [3.05, 3.63) is 101 Å². The highest BCUT2D eigenvalue weighted by Crippen LogP contribution is 2.22. The van der Waals surface area contributed by atoms with Crippen LogP contribution in [0, 0.1) is 5.82 Å². The fourth-order valence-electron chi connectivity index (χ4n) is 3.97. The van der Waals surface area contributed by atoms with Gasteiger partial charge in [0.05, 0.1) is 11.9 Å². The van der Waals surface area contributed by atoms with Gasteiger partial charge in [-0.05, 0) is 49.7 Å². The van der Waals surface area contributed by atoms with Crippen molar-refractivity contribution >= 4 is 39.1 Å². The van der Waals surface area contributed by atoms with Crippen LogP contribution >= 0.6 is 11.6 Å². The van der Waals surface area contributed by atoms with Crippen LogP contribution in [0.25, 0.3) is 0 Å². The summed E-state index contributed by atoms with van der Waals surface area (Å²) < 4.78 is 41.1. The van der Waals surface area contributed by atoms with Crippen LogP contribution in [0.3, 0.4) is 0 Å². The van der Waals surface area contributed by atoms with Crippen molar-refractivity contribution in [2.45, 2.75) is 38.9 Å². The molecule has 0 aliphatic carbocycles. The van der Waals surface area contributed by atoms with Gasteiger partial charge in [0.15, 0.2) is 0 Å². The quantitative estimate of drug-likeness (QED) is 0.377. The van der Waals surface area contributed by atoms with Gasteiger partial charge in [-0.3, -0.25) is 13.9 Å². The molecule has 7 nitrogen and oxygen atoms in total. The molecule has 0 spiro atoms. The summed E-state index contributed by atoms with van der Waals surface area (Å²) in [5.41, 5.74) is 1.23. The van der Waals surface area contributed by atoms with Gasteiger partial charge < -0.3 is 10.2 Å². The molecule has 1 N–H and O–H groups in total. The van der Waals surface area contributed by atoms with E-state index in [-0.39, 0.29) is 30.3 Å². The topological polar surface area (TPSA) is 86.8 Å². The number of anilines is 1. The van der Waals surface area contributed by atoms with E-state index in [0.29, 0.717) is 5.02 Å². The van der Waals surface area contributed by atoms with Gasteiger partial charge in [-0.15, -0.1) is 0 Å². The Balaban J connectivity index is 2.06. The zero-order valence-electron chi connectivity index (χ0n) is 21.5. The standard InChI is InChI=1S/C28H31ClFN3O4S/c1-20(2)31-28(35)26(17-21-9-5-4-6-10-21)32(18-22-11-7-8-12-25(22)30)27(34)19-33(38(3,36)37)24-15-13-23(29)14-16-24/h4-16,20,26H,17-19H2,1-3H3,(H,31,35)/t26-/m0/s1. The Bertz CT molecular complexity index is 1350.